The molecule has 0 saturated carbocycles. The van der Waals surface area contributed by atoms with Gasteiger partial charge in [-0.1, -0.05) is 20.8 Å². The average molecular weight is 195 g/mol. The van der Waals surface area contributed by atoms with Crippen molar-refractivity contribution in [3.8, 4) is 0 Å². The number of hydrogen-bond donors (Lipinski definition) is 0. The van der Waals surface area contributed by atoms with Crippen molar-refractivity contribution in [2.24, 2.45) is 5.41 Å². The minimum absolute atomic E-state index is 0.0108. The highest BCUT2D eigenvalue weighted by molar-refractivity contribution is 5.12. The van der Waals surface area contributed by atoms with E-state index in [1.165, 1.54) is 6.20 Å². The van der Waals surface area contributed by atoms with E-state index in [0.29, 0.717) is 0 Å². The third-order valence-electron chi connectivity index (χ3n) is 2.12. The van der Waals surface area contributed by atoms with Gasteiger partial charge in [-0.3, -0.25) is 0 Å². The summed E-state index contributed by atoms with van der Waals surface area (Å²) in [5.41, 5.74) is 0.904. The number of aromatic nitrogens is 1. The first-order valence-corrected chi connectivity index (χ1v) is 4.66. The highest BCUT2D eigenvalue weighted by Gasteiger charge is 2.27. The van der Waals surface area contributed by atoms with Crippen molar-refractivity contribution in [3.63, 3.8) is 0 Å². The molecule has 0 saturated heterocycles. The van der Waals surface area contributed by atoms with E-state index >= 15 is 0 Å². The fraction of sp³-hybridized carbons (Fsp3) is 0.545. The molecule has 1 heterocycles. The van der Waals surface area contributed by atoms with Gasteiger partial charge in [0.25, 0.3) is 0 Å². The molecule has 1 aromatic rings. The van der Waals surface area contributed by atoms with E-state index < -0.39 is 0 Å². The molecule has 1 atom stereocenters. The molecule has 0 aliphatic heterocycles. The molecule has 3 heteroatoms. The Bertz CT molecular complexity index is 304. The Morgan fingerprint density at radius 1 is 1.43 bits per heavy atom. The number of nitrogens with zero attached hydrogens (tertiary/aromatic N) is 1. The van der Waals surface area contributed by atoms with Crippen LogP contribution in [0.25, 0.3) is 0 Å². The molecule has 0 amide bonds. The topological polar surface area (TPSA) is 36.2 Å². The van der Waals surface area contributed by atoms with Crippen molar-refractivity contribution in [3.05, 3.63) is 35.3 Å². The quantitative estimate of drug-likeness (QED) is 0.535. The molecule has 1 unspecified atom stereocenters. The van der Waals surface area contributed by atoms with E-state index in [1.54, 1.807) is 19.4 Å². The largest absolute Gasteiger partial charge is 0.619 e. The van der Waals surface area contributed by atoms with Crippen LogP contribution in [-0.2, 0) is 4.74 Å². The van der Waals surface area contributed by atoms with Gasteiger partial charge >= 0.3 is 0 Å². The van der Waals surface area contributed by atoms with Crippen LogP contribution in [-0.4, -0.2) is 7.11 Å². The van der Waals surface area contributed by atoms with Crippen LogP contribution in [0, 0.1) is 10.6 Å². The first-order chi connectivity index (χ1) is 6.45. The number of pyridine rings is 1. The second-order valence-electron chi connectivity index (χ2n) is 4.48. The normalized spacial score (nSPS) is 14.0. The molecule has 0 aliphatic carbocycles. The Morgan fingerprint density at radius 2 is 2.07 bits per heavy atom. The molecule has 1 aromatic heterocycles. The zero-order valence-corrected chi connectivity index (χ0v) is 9.15. The van der Waals surface area contributed by atoms with Gasteiger partial charge < -0.3 is 9.94 Å². The van der Waals surface area contributed by atoms with Crippen LogP contribution in [0.2, 0.25) is 0 Å². The molecule has 0 aliphatic rings. The van der Waals surface area contributed by atoms with Gasteiger partial charge in [-0.05, 0) is 11.5 Å². The second kappa shape index (κ2) is 3.96. The van der Waals surface area contributed by atoms with Crippen molar-refractivity contribution in [2.75, 3.05) is 7.11 Å². The number of ether oxygens (including phenoxy) is 1. The molecule has 0 N–H and O–H groups in total. The summed E-state index contributed by atoms with van der Waals surface area (Å²) < 4.78 is 6.20. The van der Waals surface area contributed by atoms with Crippen LogP contribution in [0.4, 0.5) is 0 Å². The maximum Gasteiger partial charge on any atom is 0.186 e. The standard InChI is InChI=1S/C11H17NO2/c1-11(2,3)10(14-4)9-6-5-7-12(13)8-9/h5-8,10H,1-4H3. The molecule has 78 valence electrons. The fourth-order valence-electron chi connectivity index (χ4n) is 1.62. The minimum Gasteiger partial charge on any atom is -0.619 e. The van der Waals surface area contributed by atoms with E-state index in [-0.39, 0.29) is 11.5 Å². The zero-order valence-electron chi connectivity index (χ0n) is 9.15. The summed E-state index contributed by atoms with van der Waals surface area (Å²) in [5, 5.41) is 11.1. The van der Waals surface area contributed by atoms with Gasteiger partial charge in [0.2, 0.25) is 0 Å². The Hall–Kier alpha value is -1.09. The summed E-state index contributed by atoms with van der Waals surface area (Å²) in [6.45, 7) is 6.26. The molecular weight excluding hydrogens is 178 g/mol. The number of hydrogen-bond acceptors (Lipinski definition) is 2. The van der Waals surface area contributed by atoms with Crippen LogP contribution in [0.5, 0.6) is 0 Å². The van der Waals surface area contributed by atoms with Gasteiger partial charge in [0, 0.05) is 18.7 Å². The number of methoxy groups -OCH3 is 1. The van der Waals surface area contributed by atoms with Gasteiger partial charge in [-0.2, -0.15) is 4.73 Å². The number of rotatable bonds is 2. The first-order valence-electron chi connectivity index (χ1n) is 4.66. The predicted molar refractivity (Wildman–Crippen MR) is 54.6 cm³/mol. The van der Waals surface area contributed by atoms with E-state index in [1.807, 2.05) is 6.07 Å². The van der Waals surface area contributed by atoms with Gasteiger partial charge in [0.15, 0.2) is 12.4 Å². The fourth-order valence-corrected chi connectivity index (χ4v) is 1.62. The molecule has 0 aromatic carbocycles. The van der Waals surface area contributed by atoms with Crippen molar-refractivity contribution in [1.29, 1.82) is 0 Å². The van der Waals surface area contributed by atoms with Crippen molar-refractivity contribution < 1.29 is 9.47 Å². The zero-order chi connectivity index (χ0) is 10.8. The SMILES string of the molecule is COC(c1ccc[n+]([O-])c1)C(C)(C)C. The predicted octanol–water partition coefficient (Wildman–Crippen LogP) is 2.05. The van der Waals surface area contributed by atoms with Crippen molar-refractivity contribution in [2.45, 2.75) is 26.9 Å². The van der Waals surface area contributed by atoms with E-state index in [9.17, 15) is 5.21 Å². The average Bonchev–Trinajstić information content (AvgIpc) is 2.02. The molecule has 0 radical (unpaired) electrons. The smallest absolute Gasteiger partial charge is 0.186 e. The molecule has 0 bridgehead atoms. The summed E-state index contributed by atoms with van der Waals surface area (Å²) in [5.74, 6) is 0. The lowest BCUT2D eigenvalue weighted by Gasteiger charge is -2.28. The second-order valence-corrected chi connectivity index (χ2v) is 4.48. The van der Waals surface area contributed by atoms with Crippen molar-refractivity contribution in [1.82, 2.24) is 0 Å². The highest BCUT2D eigenvalue weighted by Crippen LogP contribution is 2.34. The van der Waals surface area contributed by atoms with E-state index in [0.717, 1.165) is 10.3 Å². The summed E-state index contributed by atoms with van der Waals surface area (Å²) in [4.78, 5) is 0. The maximum atomic E-state index is 11.1. The van der Waals surface area contributed by atoms with E-state index in [2.05, 4.69) is 20.8 Å². The van der Waals surface area contributed by atoms with Crippen LogP contribution in [0.15, 0.2) is 24.5 Å². The summed E-state index contributed by atoms with van der Waals surface area (Å²) in [6.07, 6.45) is 2.97. The molecular formula is C11H17NO2. The maximum absolute atomic E-state index is 11.1. The van der Waals surface area contributed by atoms with Gasteiger partial charge in [-0.15, -0.1) is 0 Å². The first kappa shape index (κ1) is 11.0. The van der Waals surface area contributed by atoms with Gasteiger partial charge in [0.1, 0.15) is 0 Å². The molecule has 0 fully saturated rings. The van der Waals surface area contributed by atoms with Crippen LogP contribution in [0.3, 0.4) is 0 Å². The van der Waals surface area contributed by atoms with Gasteiger partial charge in [0.05, 0.1) is 6.10 Å². The summed E-state index contributed by atoms with van der Waals surface area (Å²) in [7, 11) is 1.66. The molecule has 3 nitrogen and oxygen atoms in total. The summed E-state index contributed by atoms with van der Waals surface area (Å²) >= 11 is 0. The van der Waals surface area contributed by atoms with Crippen molar-refractivity contribution >= 4 is 0 Å². The third kappa shape index (κ3) is 2.45. The molecule has 14 heavy (non-hydrogen) atoms. The Balaban J connectivity index is 3.01. The lowest BCUT2D eigenvalue weighted by Crippen LogP contribution is -2.28. The van der Waals surface area contributed by atoms with Crippen LogP contribution < -0.4 is 4.73 Å². The lowest BCUT2D eigenvalue weighted by molar-refractivity contribution is -0.606. The monoisotopic (exact) mass is 195 g/mol. The Labute approximate surface area is 84.9 Å². The highest BCUT2D eigenvalue weighted by atomic mass is 16.5. The van der Waals surface area contributed by atoms with Gasteiger partial charge in [-0.25, -0.2) is 0 Å². The third-order valence-corrected chi connectivity index (χ3v) is 2.12. The van der Waals surface area contributed by atoms with Crippen LogP contribution >= 0.6 is 0 Å². The molecule has 1 rings (SSSR count). The Morgan fingerprint density at radius 3 is 2.50 bits per heavy atom. The lowest BCUT2D eigenvalue weighted by atomic mass is 9.85. The minimum atomic E-state index is -0.0519. The van der Waals surface area contributed by atoms with E-state index in [4.69, 9.17) is 4.74 Å². The molecule has 0 spiro atoms. The Kier molecular flexibility index (Phi) is 3.11. The van der Waals surface area contributed by atoms with Crippen LogP contribution in [0.1, 0.15) is 32.4 Å². The summed E-state index contributed by atoms with van der Waals surface area (Å²) in [6, 6.07) is 3.65.